The zero-order chi connectivity index (χ0) is 26.2. The fourth-order valence-corrected chi connectivity index (χ4v) is 5.39. The summed E-state index contributed by atoms with van der Waals surface area (Å²) in [6.07, 6.45) is 0. The van der Waals surface area contributed by atoms with Crippen LogP contribution in [0.15, 0.2) is 29.2 Å². The number of fused-ring (bicyclic) bond motifs is 1. The molecule has 12 heteroatoms. The monoisotopic (exact) mass is 541 g/mol. The number of aryl methyl sites for hydroxylation is 1. The van der Waals surface area contributed by atoms with E-state index < -0.39 is 21.9 Å². The molecule has 1 N–H and O–H groups in total. The number of carbonyl (C=O) groups is 2. The zero-order valence-corrected chi connectivity index (χ0v) is 22.4. The van der Waals surface area contributed by atoms with Crippen molar-refractivity contribution in [3.05, 3.63) is 51.1 Å². The average molecular weight is 542 g/mol. The first-order valence-electron chi connectivity index (χ1n) is 10.4. The molecule has 9 nitrogen and oxygen atoms in total. The van der Waals surface area contributed by atoms with E-state index in [1.54, 1.807) is 37.6 Å². The van der Waals surface area contributed by atoms with E-state index in [4.69, 9.17) is 32.7 Å². The summed E-state index contributed by atoms with van der Waals surface area (Å²) in [7, 11) is 1.95. The van der Waals surface area contributed by atoms with E-state index >= 15 is 0 Å². The smallest absolute Gasteiger partial charge is 0.340 e. The van der Waals surface area contributed by atoms with E-state index in [1.165, 1.54) is 27.3 Å². The maximum Gasteiger partial charge on any atom is 0.340 e. The number of sulfonamides is 1. The lowest BCUT2D eigenvalue weighted by Gasteiger charge is -2.16. The number of rotatable bonds is 7. The minimum atomic E-state index is -3.95. The Morgan fingerprint density at radius 2 is 1.80 bits per heavy atom. The van der Waals surface area contributed by atoms with Crippen LogP contribution >= 0.6 is 23.2 Å². The van der Waals surface area contributed by atoms with Crippen LogP contribution in [0.1, 0.15) is 33.3 Å². The number of anilines is 1. The summed E-state index contributed by atoms with van der Waals surface area (Å²) in [5, 5.41) is 2.99. The van der Waals surface area contributed by atoms with Gasteiger partial charge in [0.25, 0.3) is 5.91 Å². The molecule has 188 valence electrons. The van der Waals surface area contributed by atoms with Crippen LogP contribution in [0.2, 0.25) is 10.0 Å². The minimum Gasteiger partial charge on any atom is -0.495 e. The van der Waals surface area contributed by atoms with Crippen LogP contribution in [0.3, 0.4) is 0 Å². The Morgan fingerprint density at radius 1 is 1.14 bits per heavy atom. The highest BCUT2D eigenvalue weighted by Gasteiger charge is 2.28. The highest BCUT2D eigenvalue weighted by Crippen LogP contribution is 2.39. The fourth-order valence-electron chi connectivity index (χ4n) is 3.66. The predicted molar refractivity (Wildman–Crippen MR) is 135 cm³/mol. The van der Waals surface area contributed by atoms with E-state index in [-0.39, 0.29) is 44.1 Å². The highest BCUT2D eigenvalue weighted by atomic mass is 35.5. The number of nitrogens with one attached hydrogen (secondary N) is 1. The third kappa shape index (κ3) is 4.71. The molecule has 0 aliphatic rings. The Kier molecular flexibility index (Phi) is 7.71. The average Bonchev–Trinajstić information content (AvgIpc) is 3.04. The van der Waals surface area contributed by atoms with Gasteiger partial charge in [-0.05, 0) is 38.1 Å². The van der Waals surface area contributed by atoms with Gasteiger partial charge in [-0.3, -0.25) is 4.79 Å². The molecule has 0 fully saturated rings. The van der Waals surface area contributed by atoms with Gasteiger partial charge in [0.05, 0.1) is 46.1 Å². The molecular formula is C23H25Cl2N3O6S. The van der Waals surface area contributed by atoms with Gasteiger partial charge in [0.15, 0.2) is 0 Å². The van der Waals surface area contributed by atoms with Crippen molar-refractivity contribution in [1.29, 1.82) is 0 Å². The third-order valence-electron chi connectivity index (χ3n) is 5.58. The second kappa shape index (κ2) is 10.1. The van der Waals surface area contributed by atoms with Gasteiger partial charge in [-0.25, -0.2) is 17.5 Å². The van der Waals surface area contributed by atoms with Gasteiger partial charge in [0.2, 0.25) is 10.0 Å². The number of halogens is 2. The normalized spacial score (nSPS) is 11.7. The van der Waals surface area contributed by atoms with Crippen molar-refractivity contribution in [3.8, 4) is 5.75 Å². The van der Waals surface area contributed by atoms with Crippen molar-refractivity contribution in [1.82, 2.24) is 8.87 Å². The van der Waals surface area contributed by atoms with E-state index in [1.807, 2.05) is 0 Å². The van der Waals surface area contributed by atoms with Gasteiger partial charge in [-0.15, -0.1) is 0 Å². The Labute approximate surface area is 213 Å². The van der Waals surface area contributed by atoms with Crippen LogP contribution in [-0.2, 0) is 21.8 Å². The van der Waals surface area contributed by atoms with E-state index in [9.17, 15) is 18.0 Å². The second-order valence-corrected chi connectivity index (χ2v) is 10.7. The van der Waals surface area contributed by atoms with Crippen molar-refractivity contribution in [2.75, 3.05) is 33.1 Å². The van der Waals surface area contributed by atoms with Crippen LogP contribution in [0.25, 0.3) is 10.9 Å². The Hall–Kier alpha value is -2.79. The van der Waals surface area contributed by atoms with Crippen LogP contribution in [0.5, 0.6) is 5.75 Å². The first kappa shape index (κ1) is 26.8. The third-order valence-corrected chi connectivity index (χ3v) is 8.18. The summed E-state index contributed by atoms with van der Waals surface area (Å²) < 4.78 is 38.9. The number of hydrogen-bond acceptors (Lipinski definition) is 6. The standard InChI is InChI=1S/C23H25Cl2N3O6S/c1-7-34-23(30)19-12(2)28(5)16-8-9-17(33-6)21(20(16)19)26-22(29)13-10-18(15(25)11-14(13)24)35(31,32)27(3)4/h8-11H,7H2,1-6H3,(H,26,29). The molecule has 2 aromatic carbocycles. The van der Waals surface area contributed by atoms with Gasteiger partial charge in [-0.1, -0.05) is 23.2 Å². The van der Waals surface area contributed by atoms with Crippen LogP contribution in [0.4, 0.5) is 5.69 Å². The summed E-state index contributed by atoms with van der Waals surface area (Å²) in [6, 6.07) is 5.72. The molecule has 0 bridgehead atoms. The molecule has 1 aromatic heterocycles. The molecule has 35 heavy (non-hydrogen) atoms. The van der Waals surface area contributed by atoms with Crippen LogP contribution < -0.4 is 10.1 Å². The van der Waals surface area contributed by atoms with Gasteiger partial charge in [0, 0.05) is 32.2 Å². The first-order valence-corrected chi connectivity index (χ1v) is 12.6. The van der Waals surface area contributed by atoms with Gasteiger partial charge >= 0.3 is 5.97 Å². The minimum absolute atomic E-state index is 0.0498. The number of carbonyl (C=O) groups excluding carboxylic acids is 2. The molecule has 0 spiro atoms. The summed E-state index contributed by atoms with van der Waals surface area (Å²) in [4.78, 5) is 25.9. The fraction of sp³-hybridized carbons (Fsp3) is 0.304. The van der Waals surface area contributed by atoms with Crippen molar-refractivity contribution in [2.45, 2.75) is 18.7 Å². The topological polar surface area (TPSA) is 107 Å². The Bertz CT molecular complexity index is 1450. The molecule has 0 atom stereocenters. The molecule has 0 aliphatic heterocycles. The van der Waals surface area contributed by atoms with Gasteiger partial charge in [0.1, 0.15) is 10.6 Å². The quantitative estimate of drug-likeness (QED) is 0.442. The predicted octanol–water partition coefficient (Wildman–Crippen LogP) is 4.48. The maximum atomic E-state index is 13.4. The Balaban J connectivity index is 2.23. The lowest BCUT2D eigenvalue weighted by molar-refractivity contribution is 0.0527. The molecule has 0 unspecified atom stereocenters. The zero-order valence-electron chi connectivity index (χ0n) is 20.0. The molecule has 3 rings (SSSR count). The van der Waals surface area contributed by atoms with Crippen LogP contribution in [0, 0.1) is 6.92 Å². The number of methoxy groups -OCH3 is 1. The summed E-state index contributed by atoms with van der Waals surface area (Å²) >= 11 is 12.4. The first-order chi connectivity index (χ1) is 16.4. The molecule has 3 aromatic rings. The molecule has 0 saturated heterocycles. The lowest BCUT2D eigenvalue weighted by Crippen LogP contribution is -2.23. The SMILES string of the molecule is CCOC(=O)c1c(C)n(C)c2ccc(OC)c(NC(=O)c3cc(S(=O)(=O)N(C)C)c(Cl)cc3Cl)c12. The number of nitrogens with zero attached hydrogens (tertiary/aromatic N) is 2. The maximum absolute atomic E-state index is 13.4. The van der Waals surface area contributed by atoms with E-state index in [2.05, 4.69) is 5.32 Å². The van der Waals surface area contributed by atoms with Crippen LogP contribution in [-0.4, -0.2) is 57.0 Å². The number of esters is 1. The summed E-state index contributed by atoms with van der Waals surface area (Å²) in [5.74, 6) is -0.986. The molecule has 0 radical (unpaired) electrons. The number of aromatic nitrogens is 1. The molecule has 0 saturated carbocycles. The van der Waals surface area contributed by atoms with Gasteiger partial charge in [-0.2, -0.15) is 0 Å². The molecular weight excluding hydrogens is 517 g/mol. The Morgan fingerprint density at radius 3 is 2.37 bits per heavy atom. The molecule has 0 aliphatic carbocycles. The number of amides is 1. The lowest BCUT2D eigenvalue weighted by atomic mass is 10.1. The van der Waals surface area contributed by atoms with Crippen molar-refractivity contribution < 1.29 is 27.5 Å². The van der Waals surface area contributed by atoms with Crippen molar-refractivity contribution in [3.63, 3.8) is 0 Å². The molecule has 1 amide bonds. The summed E-state index contributed by atoms with van der Waals surface area (Å²) in [6.45, 7) is 3.63. The van der Waals surface area contributed by atoms with E-state index in [0.717, 1.165) is 10.4 Å². The highest BCUT2D eigenvalue weighted by molar-refractivity contribution is 7.89. The van der Waals surface area contributed by atoms with Crippen molar-refractivity contribution in [2.24, 2.45) is 7.05 Å². The summed E-state index contributed by atoms with van der Waals surface area (Å²) in [5.41, 5.74) is 1.65. The van der Waals surface area contributed by atoms with Crippen molar-refractivity contribution >= 4 is 61.7 Å². The number of benzene rings is 2. The number of hydrogen-bond donors (Lipinski definition) is 1. The second-order valence-electron chi connectivity index (χ2n) is 7.78. The largest absolute Gasteiger partial charge is 0.495 e. The number of ether oxygens (including phenoxy) is 2. The molecule has 1 heterocycles. The van der Waals surface area contributed by atoms with E-state index in [0.29, 0.717) is 16.6 Å². The van der Waals surface area contributed by atoms with Gasteiger partial charge < -0.3 is 19.4 Å².